The third-order valence-electron chi connectivity index (χ3n) is 2.69. The van der Waals surface area contributed by atoms with Gasteiger partial charge in [0, 0.05) is 10.8 Å². The number of hydrogen-bond donors (Lipinski definition) is 0. The third kappa shape index (κ3) is 1.61. The van der Waals surface area contributed by atoms with Gasteiger partial charge in [-0.2, -0.15) is 0 Å². The largest absolute Gasteiger partial charge is 0.0939 e. The summed E-state index contributed by atoms with van der Waals surface area (Å²) in [5.74, 6) is 0.663. The standard InChI is InChI=1S/C13H16S/c1-3-7-10-11-8-5-6-9-13(11)14-12(10)4-2/h4-7,9,11H,3,8H2,1-2H3/b10-7-,12-4+. The maximum absolute atomic E-state index is 2.38. The zero-order valence-corrected chi connectivity index (χ0v) is 9.60. The Bertz CT molecular complexity index is 342. The van der Waals surface area contributed by atoms with Crippen LogP contribution in [0.5, 0.6) is 0 Å². The average Bonchev–Trinajstić information content (AvgIpc) is 2.58. The van der Waals surface area contributed by atoms with Crippen LogP contribution < -0.4 is 0 Å². The maximum atomic E-state index is 2.38. The summed E-state index contributed by atoms with van der Waals surface area (Å²) in [5, 5.41) is 0. The Morgan fingerprint density at radius 3 is 3.14 bits per heavy atom. The number of fused-ring (bicyclic) bond motifs is 1. The lowest BCUT2D eigenvalue weighted by Crippen LogP contribution is -2.00. The number of allylic oxidation sites excluding steroid dienone is 7. The van der Waals surface area contributed by atoms with E-state index < -0.39 is 0 Å². The highest BCUT2D eigenvalue weighted by Gasteiger charge is 2.29. The summed E-state index contributed by atoms with van der Waals surface area (Å²) < 4.78 is 0. The molecule has 74 valence electrons. The van der Waals surface area contributed by atoms with Crippen molar-refractivity contribution in [2.75, 3.05) is 0 Å². The molecule has 2 aliphatic rings. The van der Waals surface area contributed by atoms with Crippen LogP contribution in [-0.4, -0.2) is 0 Å². The molecule has 1 aliphatic heterocycles. The van der Waals surface area contributed by atoms with Crippen molar-refractivity contribution in [3.63, 3.8) is 0 Å². The molecule has 2 rings (SSSR count). The van der Waals surface area contributed by atoms with Gasteiger partial charge in [-0.3, -0.25) is 0 Å². The fourth-order valence-electron chi connectivity index (χ4n) is 2.04. The fourth-order valence-corrected chi connectivity index (χ4v) is 3.27. The van der Waals surface area contributed by atoms with Crippen molar-refractivity contribution < 1.29 is 0 Å². The topological polar surface area (TPSA) is 0 Å². The highest BCUT2D eigenvalue weighted by Crippen LogP contribution is 2.51. The molecule has 1 saturated heterocycles. The molecule has 0 radical (unpaired) electrons. The zero-order valence-electron chi connectivity index (χ0n) is 8.79. The van der Waals surface area contributed by atoms with Crippen LogP contribution in [0.2, 0.25) is 0 Å². The van der Waals surface area contributed by atoms with Crippen LogP contribution in [0.25, 0.3) is 0 Å². The van der Waals surface area contributed by atoms with Gasteiger partial charge in [-0.05, 0) is 30.2 Å². The van der Waals surface area contributed by atoms with Crippen LogP contribution in [0.15, 0.2) is 45.8 Å². The molecule has 1 heterocycles. The molecule has 0 N–H and O–H groups in total. The molecule has 0 amide bonds. The van der Waals surface area contributed by atoms with E-state index in [0.717, 1.165) is 6.42 Å². The molecule has 0 aromatic rings. The summed E-state index contributed by atoms with van der Waals surface area (Å²) in [5.41, 5.74) is 1.55. The molecule has 1 atom stereocenters. The van der Waals surface area contributed by atoms with Gasteiger partial charge < -0.3 is 0 Å². The lowest BCUT2D eigenvalue weighted by atomic mass is 9.91. The van der Waals surface area contributed by atoms with Gasteiger partial charge in [0.2, 0.25) is 0 Å². The molecule has 0 aromatic carbocycles. The van der Waals surface area contributed by atoms with Crippen molar-refractivity contribution in [3.8, 4) is 0 Å². The SMILES string of the molecule is C/C=C1/SC2=CC=CCC2/C1=C/CC. The Kier molecular flexibility index (Phi) is 2.97. The van der Waals surface area contributed by atoms with Crippen LogP contribution in [-0.2, 0) is 0 Å². The highest BCUT2D eigenvalue weighted by molar-refractivity contribution is 8.07. The van der Waals surface area contributed by atoms with Crippen molar-refractivity contribution >= 4 is 11.8 Å². The Morgan fingerprint density at radius 2 is 2.43 bits per heavy atom. The van der Waals surface area contributed by atoms with Gasteiger partial charge in [0.15, 0.2) is 0 Å². The summed E-state index contributed by atoms with van der Waals surface area (Å²) in [6.07, 6.45) is 13.7. The zero-order chi connectivity index (χ0) is 9.97. The van der Waals surface area contributed by atoms with E-state index in [4.69, 9.17) is 0 Å². The van der Waals surface area contributed by atoms with E-state index in [0.29, 0.717) is 5.92 Å². The van der Waals surface area contributed by atoms with Gasteiger partial charge in [0.25, 0.3) is 0 Å². The van der Waals surface area contributed by atoms with Gasteiger partial charge in [-0.1, -0.05) is 49.1 Å². The second kappa shape index (κ2) is 4.22. The molecule has 14 heavy (non-hydrogen) atoms. The molecule has 0 saturated carbocycles. The van der Waals surface area contributed by atoms with Crippen molar-refractivity contribution in [3.05, 3.63) is 45.8 Å². The van der Waals surface area contributed by atoms with Crippen LogP contribution in [0.4, 0.5) is 0 Å². The van der Waals surface area contributed by atoms with Gasteiger partial charge in [-0.25, -0.2) is 0 Å². The molecule has 1 aliphatic carbocycles. The van der Waals surface area contributed by atoms with Gasteiger partial charge in [-0.15, -0.1) is 0 Å². The lowest BCUT2D eigenvalue weighted by Gasteiger charge is -2.12. The van der Waals surface area contributed by atoms with Crippen molar-refractivity contribution in [1.29, 1.82) is 0 Å². The molecule has 1 fully saturated rings. The summed E-state index contributed by atoms with van der Waals surface area (Å²) >= 11 is 1.95. The first-order valence-electron chi connectivity index (χ1n) is 5.28. The average molecular weight is 204 g/mol. The predicted molar refractivity (Wildman–Crippen MR) is 65.1 cm³/mol. The van der Waals surface area contributed by atoms with Crippen LogP contribution in [0.1, 0.15) is 26.7 Å². The molecule has 0 aromatic heterocycles. The normalized spacial score (nSPS) is 31.0. The van der Waals surface area contributed by atoms with E-state index in [9.17, 15) is 0 Å². The second-order valence-corrected chi connectivity index (χ2v) is 4.72. The molecular formula is C13H16S. The Morgan fingerprint density at radius 1 is 1.57 bits per heavy atom. The monoisotopic (exact) mass is 204 g/mol. The lowest BCUT2D eigenvalue weighted by molar-refractivity contribution is 0.777. The van der Waals surface area contributed by atoms with Gasteiger partial charge >= 0.3 is 0 Å². The molecule has 0 bridgehead atoms. The summed E-state index contributed by atoms with van der Waals surface area (Å²) in [4.78, 5) is 2.99. The minimum Gasteiger partial charge on any atom is -0.0939 e. The second-order valence-electron chi connectivity index (χ2n) is 3.61. The minimum atomic E-state index is 0.663. The molecule has 0 nitrogen and oxygen atoms in total. The predicted octanol–water partition coefficient (Wildman–Crippen LogP) is 4.43. The molecule has 1 unspecified atom stereocenters. The number of rotatable bonds is 1. The Hall–Kier alpha value is -0.690. The van der Waals surface area contributed by atoms with Gasteiger partial charge in [0.1, 0.15) is 0 Å². The molecule has 1 heteroatoms. The summed E-state index contributed by atoms with van der Waals surface area (Å²) in [6, 6.07) is 0. The summed E-state index contributed by atoms with van der Waals surface area (Å²) in [7, 11) is 0. The third-order valence-corrected chi connectivity index (χ3v) is 4.03. The van der Waals surface area contributed by atoms with E-state index in [-0.39, 0.29) is 0 Å². The minimum absolute atomic E-state index is 0.663. The van der Waals surface area contributed by atoms with E-state index in [1.54, 1.807) is 5.57 Å². The van der Waals surface area contributed by atoms with Crippen LogP contribution in [0, 0.1) is 5.92 Å². The van der Waals surface area contributed by atoms with Gasteiger partial charge in [0.05, 0.1) is 0 Å². The highest BCUT2D eigenvalue weighted by atomic mass is 32.2. The Labute approximate surface area is 90.5 Å². The van der Waals surface area contributed by atoms with Crippen molar-refractivity contribution in [2.24, 2.45) is 5.92 Å². The number of hydrogen-bond acceptors (Lipinski definition) is 1. The van der Waals surface area contributed by atoms with Crippen molar-refractivity contribution in [1.82, 2.24) is 0 Å². The van der Waals surface area contributed by atoms with Crippen LogP contribution in [0.3, 0.4) is 0 Å². The smallest absolute Gasteiger partial charge is 0.0195 e. The van der Waals surface area contributed by atoms with Crippen LogP contribution >= 0.6 is 11.8 Å². The number of thioether (sulfide) groups is 1. The summed E-state index contributed by atoms with van der Waals surface area (Å²) in [6.45, 7) is 4.35. The van der Waals surface area contributed by atoms with E-state index in [1.165, 1.54) is 16.2 Å². The Balaban J connectivity index is 2.35. The maximum Gasteiger partial charge on any atom is 0.0195 e. The molecular weight excluding hydrogens is 188 g/mol. The first-order valence-corrected chi connectivity index (χ1v) is 6.09. The fraction of sp³-hybridized carbons (Fsp3) is 0.385. The van der Waals surface area contributed by atoms with E-state index in [1.807, 2.05) is 11.8 Å². The molecule has 0 spiro atoms. The quantitative estimate of drug-likeness (QED) is 0.608. The van der Waals surface area contributed by atoms with E-state index >= 15 is 0 Å². The van der Waals surface area contributed by atoms with Crippen molar-refractivity contribution in [2.45, 2.75) is 26.7 Å². The first-order chi connectivity index (χ1) is 6.86. The van der Waals surface area contributed by atoms with E-state index in [2.05, 4.69) is 44.2 Å². The first kappa shape index (κ1) is 9.85.